The van der Waals surface area contributed by atoms with Crippen molar-refractivity contribution < 1.29 is 13.8 Å². The van der Waals surface area contributed by atoms with Crippen LogP contribution in [0.1, 0.15) is 10.4 Å². The zero-order valence-corrected chi connectivity index (χ0v) is 18.1. The van der Waals surface area contributed by atoms with Gasteiger partial charge in [0.1, 0.15) is 11.6 Å². The van der Waals surface area contributed by atoms with E-state index >= 15 is 0 Å². The summed E-state index contributed by atoms with van der Waals surface area (Å²) in [6.07, 6.45) is 0. The van der Waals surface area contributed by atoms with Crippen molar-refractivity contribution in [2.24, 2.45) is 0 Å². The largest absolute Gasteiger partial charge is 0.338 e. The van der Waals surface area contributed by atoms with Gasteiger partial charge in [-0.15, -0.1) is 0 Å². The van der Waals surface area contributed by atoms with E-state index in [1.807, 2.05) is 0 Å². The maximum atomic E-state index is 14.5. The standard InChI is InChI=1S/C21H16Cl3FNO2P/c22-21(23,24)20(26-19(27)15-11-13-16(25)14-12-15)29(28,17-7-3-1-4-8-17)18-9-5-2-6-10-18/h1-14,20H,(H,26,27)/t20-/m1/s1. The maximum Gasteiger partial charge on any atom is 0.252 e. The molecule has 0 aliphatic heterocycles. The van der Waals surface area contributed by atoms with Crippen molar-refractivity contribution in [1.82, 2.24) is 5.32 Å². The smallest absolute Gasteiger partial charge is 0.252 e. The van der Waals surface area contributed by atoms with E-state index in [0.29, 0.717) is 10.6 Å². The van der Waals surface area contributed by atoms with Gasteiger partial charge in [0.05, 0.1) is 0 Å². The highest BCUT2D eigenvalue weighted by Crippen LogP contribution is 2.55. The maximum absolute atomic E-state index is 14.5. The Labute approximate surface area is 183 Å². The van der Waals surface area contributed by atoms with Crippen molar-refractivity contribution in [3.63, 3.8) is 0 Å². The minimum atomic E-state index is -3.64. The van der Waals surface area contributed by atoms with Crippen molar-refractivity contribution in [2.75, 3.05) is 0 Å². The molecule has 0 unspecified atom stereocenters. The highest BCUT2D eigenvalue weighted by molar-refractivity contribution is 7.79. The molecule has 0 saturated heterocycles. The Morgan fingerprint density at radius 1 is 0.828 bits per heavy atom. The van der Waals surface area contributed by atoms with Crippen LogP contribution in [-0.2, 0) is 4.57 Å². The normalized spacial score (nSPS) is 13.0. The lowest BCUT2D eigenvalue weighted by Gasteiger charge is -2.34. The Bertz CT molecular complexity index is 982. The molecule has 0 aliphatic rings. The van der Waals surface area contributed by atoms with Crippen LogP contribution in [0.25, 0.3) is 0 Å². The number of benzene rings is 3. The monoisotopic (exact) mass is 469 g/mol. The molecule has 0 bridgehead atoms. The minimum Gasteiger partial charge on any atom is -0.338 e. The van der Waals surface area contributed by atoms with E-state index in [1.54, 1.807) is 60.7 Å². The Morgan fingerprint density at radius 2 is 1.28 bits per heavy atom. The fourth-order valence-electron chi connectivity index (χ4n) is 2.93. The summed E-state index contributed by atoms with van der Waals surface area (Å²) in [6.45, 7) is 0. The molecule has 1 amide bonds. The summed E-state index contributed by atoms with van der Waals surface area (Å²) < 4.78 is 25.6. The quantitative estimate of drug-likeness (QED) is 0.408. The van der Waals surface area contributed by atoms with E-state index in [1.165, 1.54) is 12.1 Å². The van der Waals surface area contributed by atoms with Crippen LogP contribution in [0.15, 0.2) is 84.9 Å². The van der Waals surface area contributed by atoms with Crippen molar-refractivity contribution in [3.05, 3.63) is 96.3 Å². The fourth-order valence-corrected chi connectivity index (χ4v) is 7.17. The topological polar surface area (TPSA) is 46.2 Å². The molecule has 3 nitrogen and oxygen atoms in total. The van der Waals surface area contributed by atoms with Crippen LogP contribution in [0.4, 0.5) is 4.39 Å². The molecule has 8 heteroatoms. The number of hydrogen-bond acceptors (Lipinski definition) is 2. The second-order valence-electron chi connectivity index (χ2n) is 6.25. The van der Waals surface area contributed by atoms with Gasteiger partial charge in [0.25, 0.3) is 5.91 Å². The average molecular weight is 471 g/mol. The molecule has 0 spiro atoms. The van der Waals surface area contributed by atoms with E-state index in [-0.39, 0.29) is 5.56 Å². The highest BCUT2D eigenvalue weighted by atomic mass is 35.6. The zero-order chi connectivity index (χ0) is 21.1. The van der Waals surface area contributed by atoms with Gasteiger partial charge >= 0.3 is 0 Å². The van der Waals surface area contributed by atoms with Crippen LogP contribution < -0.4 is 15.9 Å². The average Bonchev–Trinajstić information content (AvgIpc) is 2.72. The number of halogens is 4. The molecule has 0 aliphatic carbocycles. The number of rotatable bonds is 5. The molecule has 0 aromatic heterocycles. The molecule has 150 valence electrons. The van der Waals surface area contributed by atoms with Crippen LogP contribution in [0.5, 0.6) is 0 Å². The van der Waals surface area contributed by atoms with E-state index in [0.717, 1.165) is 12.1 Å². The number of carbonyl (C=O) groups excluding carboxylic acids is 1. The molecular formula is C21H16Cl3FNO2P. The van der Waals surface area contributed by atoms with Gasteiger partial charge in [-0.25, -0.2) is 4.39 Å². The third-order valence-corrected chi connectivity index (χ3v) is 8.81. The second kappa shape index (κ2) is 8.89. The third kappa shape index (κ3) is 4.84. The van der Waals surface area contributed by atoms with Gasteiger partial charge in [0.2, 0.25) is 3.79 Å². The van der Waals surface area contributed by atoms with Crippen molar-refractivity contribution in [1.29, 1.82) is 0 Å². The van der Waals surface area contributed by atoms with Gasteiger partial charge in [0, 0.05) is 16.2 Å². The van der Waals surface area contributed by atoms with E-state index in [4.69, 9.17) is 34.8 Å². The lowest BCUT2D eigenvalue weighted by molar-refractivity contribution is 0.0948. The zero-order valence-electron chi connectivity index (χ0n) is 14.9. The van der Waals surface area contributed by atoms with Gasteiger partial charge in [0.15, 0.2) is 7.14 Å². The summed E-state index contributed by atoms with van der Waals surface area (Å²) >= 11 is 18.7. The molecule has 0 radical (unpaired) electrons. The van der Waals surface area contributed by atoms with Gasteiger partial charge in [-0.1, -0.05) is 95.5 Å². The van der Waals surface area contributed by atoms with Gasteiger partial charge < -0.3 is 9.88 Å². The molecule has 3 rings (SSSR count). The summed E-state index contributed by atoms with van der Waals surface area (Å²) in [6, 6.07) is 22.0. The summed E-state index contributed by atoms with van der Waals surface area (Å²) in [7, 11) is -3.64. The van der Waals surface area contributed by atoms with E-state index < -0.39 is 28.4 Å². The van der Waals surface area contributed by atoms with E-state index in [9.17, 15) is 13.8 Å². The molecular weight excluding hydrogens is 455 g/mol. The van der Waals surface area contributed by atoms with E-state index in [2.05, 4.69) is 5.32 Å². The lowest BCUT2D eigenvalue weighted by atomic mass is 10.2. The number of nitrogens with one attached hydrogen (secondary N) is 1. The first-order valence-corrected chi connectivity index (χ1v) is 11.5. The predicted octanol–water partition coefficient (Wildman–Crippen LogP) is 5.27. The summed E-state index contributed by atoms with van der Waals surface area (Å²) in [5.41, 5.74) is 0.151. The summed E-state index contributed by atoms with van der Waals surface area (Å²) in [4.78, 5) is 12.8. The Kier molecular flexibility index (Phi) is 6.70. The second-order valence-corrected chi connectivity index (χ2v) is 11.5. The molecule has 1 atom stereocenters. The number of alkyl halides is 3. The molecule has 29 heavy (non-hydrogen) atoms. The third-order valence-electron chi connectivity index (χ3n) is 4.33. The van der Waals surface area contributed by atoms with Crippen LogP contribution in [0, 0.1) is 5.82 Å². The van der Waals surface area contributed by atoms with Crippen LogP contribution >= 0.6 is 41.9 Å². The SMILES string of the molecule is O=C(N[C@@H](C(Cl)(Cl)Cl)P(=O)(c1ccccc1)c1ccccc1)c1ccc(F)cc1. The molecule has 1 N–H and O–H groups in total. The number of hydrogen-bond donors (Lipinski definition) is 1. The number of amides is 1. The van der Waals surface area contributed by atoms with Gasteiger partial charge in [-0.05, 0) is 24.3 Å². The molecule has 0 fully saturated rings. The first kappa shape index (κ1) is 21.9. The predicted molar refractivity (Wildman–Crippen MR) is 118 cm³/mol. The first-order valence-electron chi connectivity index (χ1n) is 8.57. The first-order chi connectivity index (χ1) is 13.7. The van der Waals surface area contributed by atoms with Crippen LogP contribution in [-0.4, -0.2) is 15.5 Å². The minimum absolute atomic E-state index is 0.151. The van der Waals surface area contributed by atoms with Gasteiger partial charge in [-0.3, -0.25) is 4.79 Å². The Hall–Kier alpha value is -1.84. The summed E-state index contributed by atoms with van der Waals surface area (Å²) in [5, 5.41) is 3.47. The van der Waals surface area contributed by atoms with Gasteiger partial charge in [-0.2, -0.15) is 0 Å². The number of carbonyl (C=O) groups is 1. The van der Waals surface area contributed by atoms with Crippen molar-refractivity contribution >= 4 is 58.5 Å². The van der Waals surface area contributed by atoms with Crippen LogP contribution in [0.3, 0.4) is 0 Å². The molecule has 0 heterocycles. The summed E-state index contributed by atoms with van der Waals surface area (Å²) in [5.74, 6) is -2.48. The Balaban J connectivity index is 2.12. The molecule has 3 aromatic rings. The lowest BCUT2D eigenvalue weighted by Crippen LogP contribution is -2.47. The fraction of sp³-hybridized carbons (Fsp3) is 0.0952. The van der Waals surface area contributed by atoms with Crippen molar-refractivity contribution in [2.45, 2.75) is 9.58 Å². The van der Waals surface area contributed by atoms with Crippen LogP contribution in [0.2, 0.25) is 0 Å². The molecule has 3 aromatic carbocycles. The molecule has 0 saturated carbocycles. The Morgan fingerprint density at radius 3 is 1.69 bits per heavy atom. The highest BCUT2D eigenvalue weighted by Gasteiger charge is 2.49. The van der Waals surface area contributed by atoms with Crippen molar-refractivity contribution in [3.8, 4) is 0 Å².